The summed E-state index contributed by atoms with van der Waals surface area (Å²) in [5.41, 5.74) is 3.66. The SMILES string of the molecule is CCCC[C@H](CS(=O)(=O)c1ccccc1)NN1[C@@H](COC)C[C@H]2CCC[C@H]21. The molecule has 5 nitrogen and oxygen atoms in total. The van der Waals surface area contributed by atoms with Gasteiger partial charge in [0, 0.05) is 25.2 Å². The van der Waals surface area contributed by atoms with Crippen LogP contribution in [-0.4, -0.2) is 51.0 Å². The quantitative estimate of drug-likeness (QED) is 0.659. The number of ether oxygens (including phenoxy) is 1. The summed E-state index contributed by atoms with van der Waals surface area (Å²) >= 11 is 0. The van der Waals surface area contributed by atoms with E-state index < -0.39 is 9.84 Å². The summed E-state index contributed by atoms with van der Waals surface area (Å²) in [7, 11) is -1.55. The minimum Gasteiger partial charge on any atom is -0.383 e. The molecule has 0 aromatic heterocycles. The Morgan fingerprint density at radius 2 is 2.04 bits per heavy atom. The van der Waals surface area contributed by atoms with Crippen LogP contribution in [0.2, 0.25) is 0 Å². The summed E-state index contributed by atoms with van der Waals surface area (Å²) in [4.78, 5) is 0.418. The maximum atomic E-state index is 12.9. The fourth-order valence-corrected chi connectivity index (χ4v) is 6.30. The van der Waals surface area contributed by atoms with Crippen molar-refractivity contribution in [2.24, 2.45) is 5.92 Å². The second-order valence-corrected chi connectivity index (χ2v) is 10.1. The summed E-state index contributed by atoms with van der Waals surface area (Å²) in [6.45, 7) is 2.85. The van der Waals surface area contributed by atoms with Crippen LogP contribution < -0.4 is 5.43 Å². The summed E-state index contributed by atoms with van der Waals surface area (Å²) in [5, 5.41) is 2.36. The lowest BCUT2D eigenvalue weighted by molar-refractivity contribution is 0.0437. The molecule has 0 unspecified atom stereocenters. The van der Waals surface area contributed by atoms with E-state index >= 15 is 0 Å². The Labute approximate surface area is 164 Å². The number of rotatable bonds is 10. The first-order valence-electron chi connectivity index (χ1n) is 10.4. The molecule has 0 amide bonds. The first kappa shape index (κ1) is 20.8. The van der Waals surface area contributed by atoms with E-state index in [9.17, 15) is 8.42 Å². The summed E-state index contributed by atoms with van der Waals surface area (Å²) in [6, 6.07) is 9.63. The molecule has 0 spiro atoms. The monoisotopic (exact) mass is 394 g/mol. The zero-order chi connectivity index (χ0) is 19.3. The van der Waals surface area contributed by atoms with Gasteiger partial charge >= 0.3 is 0 Å². The molecule has 2 fully saturated rings. The van der Waals surface area contributed by atoms with E-state index in [0.29, 0.717) is 23.6 Å². The fourth-order valence-electron chi connectivity index (χ4n) is 4.77. The lowest BCUT2D eigenvalue weighted by atomic mass is 10.0. The van der Waals surface area contributed by atoms with E-state index in [2.05, 4.69) is 17.4 Å². The van der Waals surface area contributed by atoms with Gasteiger partial charge in [-0.1, -0.05) is 44.4 Å². The Morgan fingerprint density at radius 3 is 2.74 bits per heavy atom. The van der Waals surface area contributed by atoms with Crippen LogP contribution in [0.4, 0.5) is 0 Å². The topological polar surface area (TPSA) is 58.6 Å². The molecule has 1 saturated heterocycles. The Morgan fingerprint density at radius 1 is 1.26 bits per heavy atom. The van der Waals surface area contributed by atoms with Crippen LogP contribution in [0, 0.1) is 5.92 Å². The van der Waals surface area contributed by atoms with Crippen LogP contribution >= 0.6 is 0 Å². The van der Waals surface area contributed by atoms with Gasteiger partial charge in [-0.05, 0) is 43.7 Å². The number of nitrogens with zero attached hydrogens (tertiary/aromatic N) is 1. The lowest BCUT2D eigenvalue weighted by Gasteiger charge is -2.34. The number of benzene rings is 1. The molecular formula is C21H34N2O3S. The molecule has 6 heteroatoms. The van der Waals surface area contributed by atoms with Gasteiger partial charge in [0.2, 0.25) is 0 Å². The molecule has 4 atom stereocenters. The number of hydrogen-bond donors (Lipinski definition) is 1. The zero-order valence-corrected chi connectivity index (χ0v) is 17.5. The van der Waals surface area contributed by atoms with E-state index in [-0.39, 0.29) is 11.8 Å². The minimum absolute atomic E-state index is 0.0612. The van der Waals surface area contributed by atoms with E-state index in [1.165, 1.54) is 19.3 Å². The first-order valence-corrected chi connectivity index (χ1v) is 12.0. The fraction of sp³-hybridized carbons (Fsp3) is 0.714. The molecule has 1 aliphatic heterocycles. The third-order valence-electron chi connectivity index (χ3n) is 6.06. The van der Waals surface area contributed by atoms with Crippen molar-refractivity contribution in [1.82, 2.24) is 10.4 Å². The van der Waals surface area contributed by atoms with Gasteiger partial charge in [0.25, 0.3) is 0 Å². The molecule has 2 aliphatic rings. The first-order chi connectivity index (χ1) is 13.0. The Hall–Kier alpha value is -0.950. The molecule has 0 bridgehead atoms. The molecule has 27 heavy (non-hydrogen) atoms. The van der Waals surface area contributed by atoms with Gasteiger partial charge in [-0.15, -0.1) is 0 Å². The van der Waals surface area contributed by atoms with Crippen molar-refractivity contribution in [2.75, 3.05) is 19.5 Å². The highest BCUT2D eigenvalue weighted by Gasteiger charge is 2.44. The van der Waals surface area contributed by atoms with Crippen molar-refractivity contribution in [1.29, 1.82) is 0 Å². The number of hydrazine groups is 1. The van der Waals surface area contributed by atoms with Crippen molar-refractivity contribution < 1.29 is 13.2 Å². The number of hydrogen-bond acceptors (Lipinski definition) is 5. The van der Waals surface area contributed by atoms with E-state index in [0.717, 1.165) is 31.6 Å². The molecule has 1 heterocycles. The standard InChI is InChI=1S/C21H34N2O3S/c1-3-4-10-18(16-27(24,25)20-11-6-5-7-12-20)22-23-19(15-26-2)14-17-9-8-13-21(17)23/h5-7,11-12,17-19,21-22H,3-4,8-10,13-16H2,1-2H3/t17-,18-,19-,21-/m1/s1. The largest absolute Gasteiger partial charge is 0.383 e. The molecule has 152 valence electrons. The normalized spacial score (nSPS) is 27.0. The van der Waals surface area contributed by atoms with Crippen LogP contribution in [0.15, 0.2) is 35.2 Å². The van der Waals surface area contributed by atoms with Crippen molar-refractivity contribution in [3.63, 3.8) is 0 Å². The molecule has 1 N–H and O–H groups in total. The third-order valence-corrected chi connectivity index (χ3v) is 7.90. The summed E-state index contributed by atoms with van der Waals surface area (Å²) in [5.74, 6) is 0.861. The zero-order valence-electron chi connectivity index (χ0n) is 16.6. The predicted octanol–water partition coefficient (Wildman–Crippen LogP) is 3.41. The summed E-state index contributed by atoms with van der Waals surface area (Å²) in [6.07, 6.45) is 7.87. The van der Waals surface area contributed by atoms with Gasteiger partial charge in [0.05, 0.1) is 17.3 Å². The highest BCUT2D eigenvalue weighted by molar-refractivity contribution is 7.91. The van der Waals surface area contributed by atoms with Gasteiger partial charge in [0.15, 0.2) is 9.84 Å². The van der Waals surface area contributed by atoms with E-state index in [4.69, 9.17) is 4.74 Å². The maximum Gasteiger partial charge on any atom is 0.179 e. The minimum atomic E-state index is -3.30. The van der Waals surface area contributed by atoms with Gasteiger partial charge in [-0.2, -0.15) is 0 Å². The number of unbranched alkanes of at least 4 members (excludes halogenated alkanes) is 1. The van der Waals surface area contributed by atoms with Crippen LogP contribution in [0.3, 0.4) is 0 Å². The summed E-state index contributed by atoms with van der Waals surface area (Å²) < 4.78 is 31.3. The molecule has 3 rings (SSSR count). The van der Waals surface area contributed by atoms with Gasteiger partial charge < -0.3 is 4.74 Å². The van der Waals surface area contributed by atoms with Crippen molar-refractivity contribution >= 4 is 9.84 Å². The second-order valence-electron chi connectivity index (χ2n) is 8.07. The Kier molecular flexibility index (Phi) is 7.31. The number of nitrogens with one attached hydrogen (secondary N) is 1. The van der Waals surface area contributed by atoms with Crippen LogP contribution in [-0.2, 0) is 14.6 Å². The second kappa shape index (κ2) is 9.50. The third kappa shape index (κ3) is 5.11. The average Bonchev–Trinajstić information content (AvgIpc) is 3.23. The van der Waals surface area contributed by atoms with Crippen molar-refractivity contribution in [3.8, 4) is 0 Å². The van der Waals surface area contributed by atoms with Gasteiger partial charge in [0.1, 0.15) is 0 Å². The van der Waals surface area contributed by atoms with Crippen LogP contribution in [0.5, 0.6) is 0 Å². The van der Waals surface area contributed by atoms with Gasteiger partial charge in [-0.3, -0.25) is 5.43 Å². The molecular weight excluding hydrogens is 360 g/mol. The molecule has 1 saturated carbocycles. The molecule has 1 aromatic rings. The lowest BCUT2D eigenvalue weighted by Crippen LogP contribution is -2.54. The number of fused-ring (bicyclic) bond motifs is 1. The smallest absolute Gasteiger partial charge is 0.179 e. The highest BCUT2D eigenvalue weighted by atomic mass is 32.2. The molecule has 1 aromatic carbocycles. The maximum absolute atomic E-state index is 12.9. The van der Waals surface area contributed by atoms with Crippen molar-refractivity contribution in [3.05, 3.63) is 30.3 Å². The Balaban J connectivity index is 1.74. The highest BCUT2D eigenvalue weighted by Crippen LogP contribution is 2.40. The average molecular weight is 395 g/mol. The molecule has 0 radical (unpaired) electrons. The van der Waals surface area contributed by atoms with Crippen molar-refractivity contribution in [2.45, 2.75) is 74.9 Å². The van der Waals surface area contributed by atoms with Gasteiger partial charge in [-0.25, -0.2) is 13.4 Å². The number of methoxy groups -OCH3 is 1. The molecule has 1 aliphatic carbocycles. The van der Waals surface area contributed by atoms with Crippen LogP contribution in [0.1, 0.15) is 51.9 Å². The predicted molar refractivity (Wildman–Crippen MR) is 108 cm³/mol. The van der Waals surface area contributed by atoms with E-state index in [1.54, 1.807) is 31.4 Å². The van der Waals surface area contributed by atoms with Crippen LogP contribution in [0.25, 0.3) is 0 Å². The Bertz CT molecular complexity index is 680. The number of sulfone groups is 1. The van der Waals surface area contributed by atoms with E-state index in [1.807, 2.05) is 6.07 Å².